The van der Waals surface area contributed by atoms with E-state index in [1.165, 1.54) is 0 Å². The third-order valence-corrected chi connectivity index (χ3v) is 3.13. The van der Waals surface area contributed by atoms with E-state index in [9.17, 15) is 4.79 Å². The topological polar surface area (TPSA) is 53.0 Å². The van der Waals surface area contributed by atoms with Crippen LogP contribution in [0.1, 0.15) is 12.5 Å². The van der Waals surface area contributed by atoms with Crippen molar-refractivity contribution in [2.75, 3.05) is 39.8 Å². The zero-order chi connectivity index (χ0) is 14.8. The minimum atomic E-state index is -0.325. The molecule has 0 heterocycles. The van der Waals surface area contributed by atoms with Gasteiger partial charge in [-0.25, -0.2) is 4.79 Å². The van der Waals surface area contributed by atoms with E-state index in [4.69, 9.17) is 9.84 Å². The Hall–Kier alpha value is -1.59. The zero-order valence-electron chi connectivity index (χ0n) is 12.3. The van der Waals surface area contributed by atoms with Gasteiger partial charge in [0.2, 0.25) is 0 Å². The fourth-order valence-corrected chi connectivity index (χ4v) is 1.78. The zero-order valence-corrected chi connectivity index (χ0v) is 12.3. The Morgan fingerprint density at radius 3 is 2.50 bits per heavy atom. The van der Waals surface area contributed by atoms with Gasteiger partial charge in [0.25, 0.3) is 0 Å². The molecule has 0 radical (unpaired) electrons. The average Bonchev–Trinajstić information content (AvgIpc) is 2.49. The van der Waals surface area contributed by atoms with E-state index in [-0.39, 0.29) is 19.3 Å². The second-order valence-corrected chi connectivity index (χ2v) is 4.62. The highest BCUT2D eigenvalue weighted by Crippen LogP contribution is 2.02. The molecule has 5 nitrogen and oxygen atoms in total. The Kier molecular flexibility index (Phi) is 7.69. The minimum Gasteiger partial charge on any atom is -0.445 e. The molecule has 0 atom stereocenters. The Morgan fingerprint density at radius 1 is 1.20 bits per heavy atom. The number of nitrogens with zero attached hydrogens (tertiary/aromatic N) is 2. The fraction of sp³-hybridized carbons (Fsp3) is 0.533. The lowest BCUT2D eigenvalue weighted by Gasteiger charge is -2.23. The second-order valence-electron chi connectivity index (χ2n) is 4.62. The van der Waals surface area contributed by atoms with Gasteiger partial charge >= 0.3 is 6.09 Å². The lowest BCUT2D eigenvalue weighted by atomic mass is 10.2. The van der Waals surface area contributed by atoms with E-state index in [0.29, 0.717) is 13.1 Å². The molecular formula is C15H24N2O3. The van der Waals surface area contributed by atoms with Crippen molar-refractivity contribution >= 4 is 6.09 Å². The normalized spacial score (nSPS) is 10.6. The average molecular weight is 280 g/mol. The molecule has 0 aliphatic carbocycles. The highest BCUT2D eigenvalue weighted by Gasteiger charge is 2.11. The van der Waals surface area contributed by atoms with Crippen LogP contribution in [-0.4, -0.2) is 60.8 Å². The van der Waals surface area contributed by atoms with Gasteiger partial charge in [-0.05, 0) is 12.1 Å². The van der Waals surface area contributed by atoms with Crippen molar-refractivity contribution in [2.45, 2.75) is 13.5 Å². The van der Waals surface area contributed by atoms with Crippen LogP contribution in [-0.2, 0) is 11.3 Å². The molecule has 0 aliphatic heterocycles. The summed E-state index contributed by atoms with van der Waals surface area (Å²) in [5.74, 6) is 0. The van der Waals surface area contributed by atoms with E-state index in [1.54, 1.807) is 11.9 Å². The third kappa shape index (κ3) is 6.04. The minimum absolute atomic E-state index is 0.135. The summed E-state index contributed by atoms with van der Waals surface area (Å²) in [6.45, 7) is 5.25. The van der Waals surface area contributed by atoms with Crippen molar-refractivity contribution in [1.29, 1.82) is 0 Å². The molecule has 112 valence electrons. The first-order valence-corrected chi connectivity index (χ1v) is 6.92. The Balaban J connectivity index is 2.28. The van der Waals surface area contributed by atoms with E-state index in [1.807, 2.05) is 37.3 Å². The number of benzene rings is 1. The summed E-state index contributed by atoms with van der Waals surface area (Å²) in [7, 11) is 1.72. The maximum atomic E-state index is 11.8. The molecule has 5 heteroatoms. The van der Waals surface area contributed by atoms with Crippen LogP contribution < -0.4 is 0 Å². The van der Waals surface area contributed by atoms with Gasteiger partial charge in [-0.3, -0.25) is 4.90 Å². The Morgan fingerprint density at radius 2 is 1.90 bits per heavy atom. The van der Waals surface area contributed by atoms with Gasteiger partial charge in [-0.1, -0.05) is 37.3 Å². The summed E-state index contributed by atoms with van der Waals surface area (Å²) < 4.78 is 5.23. The molecule has 0 saturated heterocycles. The largest absolute Gasteiger partial charge is 0.445 e. The van der Waals surface area contributed by atoms with Crippen molar-refractivity contribution in [3.05, 3.63) is 35.9 Å². The maximum absolute atomic E-state index is 11.8. The third-order valence-electron chi connectivity index (χ3n) is 3.13. The molecule has 1 amide bonds. The smallest absolute Gasteiger partial charge is 0.409 e. The SMILES string of the molecule is CCN(CCO)CCN(C)C(=O)OCc1ccccc1. The predicted octanol–water partition coefficient (Wildman–Crippen LogP) is 1.57. The number of carbonyl (C=O) groups excluding carboxylic acids is 1. The second kappa shape index (κ2) is 9.34. The van der Waals surface area contributed by atoms with Gasteiger partial charge in [-0.2, -0.15) is 0 Å². The number of aliphatic hydroxyl groups is 1. The van der Waals surface area contributed by atoms with Gasteiger partial charge in [0, 0.05) is 26.7 Å². The lowest BCUT2D eigenvalue weighted by molar-refractivity contribution is 0.0991. The van der Waals surface area contributed by atoms with Crippen LogP contribution in [0.5, 0.6) is 0 Å². The van der Waals surface area contributed by atoms with Gasteiger partial charge < -0.3 is 14.7 Å². The van der Waals surface area contributed by atoms with Crippen molar-refractivity contribution in [2.24, 2.45) is 0 Å². The molecule has 0 saturated carbocycles. The molecule has 1 rings (SSSR count). The number of ether oxygens (including phenoxy) is 1. The summed E-state index contributed by atoms with van der Waals surface area (Å²) in [5, 5.41) is 8.91. The number of amides is 1. The molecule has 1 aromatic carbocycles. The van der Waals surface area contributed by atoms with Crippen LogP contribution in [0.3, 0.4) is 0 Å². The molecule has 0 fully saturated rings. The van der Waals surface area contributed by atoms with Crippen molar-refractivity contribution in [3.63, 3.8) is 0 Å². The highest BCUT2D eigenvalue weighted by atomic mass is 16.6. The molecule has 0 unspecified atom stereocenters. The van der Waals surface area contributed by atoms with Gasteiger partial charge in [0.05, 0.1) is 6.61 Å². The van der Waals surface area contributed by atoms with Crippen molar-refractivity contribution in [3.8, 4) is 0 Å². The number of likely N-dealkylation sites (N-methyl/N-ethyl adjacent to an activating group) is 2. The Bertz CT molecular complexity index is 384. The molecule has 0 bridgehead atoms. The van der Waals surface area contributed by atoms with Gasteiger partial charge in [0.1, 0.15) is 6.61 Å². The first-order chi connectivity index (χ1) is 9.67. The molecule has 1 aromatic rings. The van der Waals surface area contributed by atoms with Crippen LogP contribution in [0.25, 0.3) is 0 Å². The van der Waals surface area contributed by atoms with Crippen LogP contribution in [0.15, 0.2) is 30.3 Å². The number of hydrogen-bond donors (Lipinski definition) is 1. The van der Waals surface area contributed by atoms with E-state index in [0.717, 1.165) is 18.7 Å². The van der Waals surface area contributed by atoms with Crippen LogP contribution in [0, 0.1) is 0 Å². The summed E-state index contributed by atoms with van der Waals surface area (Å²) in [6.07, 6.45) is -0.325. The maximum Gasteiger partial charge on any atom is 0.409 e. The fourth-order valence-electron chi connectivity index (χ4n) is 1.78. The molecule has 0 aromatic heterocycles. The number of aliphatic hydroxyl groups excluding tert-OH is 1. The summed E-state index contributed by atoms with van der Waals surface area (Å²) in [5.41, 5.74) is 0.977. The Labute approximate surface area is 120 Å². The first-order valence-electron chi connectivity index (χ1n) is 6.92. The number of hydrogen-bond acceptors (Lipinski definition) is 4. The standard InChI is InChI=1S/C15H24N2O3/c1-3-17(11-12-18)10-9-16(2)15(19)20-13-14-7-5-4-6-8-14/h4-8,18H,3,9-13H2,1-2H3. The number of rotatable bonds is 8. The summed E-state index contributed by atoms with van der Waals surface area (Å²) in [4.78, 5) is 15.5. The van der Waals surface area contributed by atoms with Crippen LogP contribution in [0.4, 0.5) is 4.79 Å². The van der Waals surface area contributed by atoms with Gasteiger partial charge in [-0.15, -0.1) is 0 Å². The highest BCUT2D eigenvalue weighted by molar-refractivity contribution is 5.67. The van der Waals surface area contributed by atoms with Crippen LogP contribution in [0.2, 0.25) is 0 Å². The molecular weight excluding hydrogens is 256 g/mol. The lowest BCUT2D eigenvalue weighted by Crippen LogP contribution is -2.37. The molecule has 1 N–H and O–H groups in total. The quantitative estimate of drug-likeness (QED) is 0.785. The molecule has 20 heavy (non-hydrogen) atoms. The summed E-state index contributed by atoms with van der Waals surface area (Å²) >= 11 is 0. The predicted molar refractivity (Wildman–Crippen MR) is 78.5 cm³/mol. The van der Waals surface area contributed by atoms with Crippen LogP contribution >= 0.6 is 0 Å². The molecule has 0 aliphatic rings. The monoisotopic (exact) mass is 280 g/mol. The van der Waals surface area contributed by atoms with Crippen molar-refractivity contribution in [1.82, 2.24) is 9.80 Å². The van der Waals surface area contributed by atoms with Crippen molar-refractivity contribution < 1.29 is 14.6 Å². The van der Waals surface area contributed by atoms with E-state index in [2.05, 4.69) is 4.90 Å². The van der Waals surface area contributed by atoms with Gasteiger partial charge in [0.15, 0.2) is 0 Å². The summed E-state index contributed by atoms with van der Waals surface area (Å²) in [6, 6.07) is 9.61. The van der Waals surface area contributed by atoms with E-state index >= 15 is 0 Å². The number of carbonyl (C=O) groups is 1. The first kappa shape index (κ1) is 16.5. The van der Waals surface area contributed by atoms with E-state index < -0.39 is 0 Å². The molecule has 0 spiro atoms.